The van der Waals surface area contributed by atoms with Crippen LogP contribution >= 0.6 is 23.4 Å². The summed E-state index contributed by atoms with van der Waals surface area (Å²) in [4.78, 5) is 27.5. The normalized spacial score (nSPS) is 18.7. The lowest BCUT2D eigenvalue weighted by Gasteiger charge is -2.27. The highest BCUT2D eigenvalue weighted by atomic mass is 35.5. The van der Waals surface area contributed by atoms with Crippen molar-refractivity contribution in [2.75, 3.05) is 23.1 Å². The number of likely N-dealkylation sites (tertiary alicyclic amines) is 1. The SMILES string of the molecule is Cc1ccc(NS(=O)(=O)c2ccc3c(c2)NC(=O)[C@H](C(=O)N2CCCC2)S3)c(Cl)c1. The quantitative estimate of drug-likeness (QED) is 0.674. The number of halogens is 1. The molecule has 2 heterocycles. The van der Waals surface area contributed by atoms with Gasteiger partial charge in [0.2, 0.25) is 11.8 Å². The third kappa shape index (κ3) is 4.14. The Labute approximate surface area is 184 Å². The van der Waals surface area contributed by atoms with E-state index in [1.54, 1.807) is 29.2 Å². The number of carbonyl (C=O) groups excluding carboxylic acids is 2. The molecular formula is C20H20ClN3O4S2. The van der Waals surface area contributed by atoms with Gasteiger partial charge in [-0.1, -0.05) is 17.7 Å². The van der Waals surface area contributed by atoms with E-state index < -0.39 is 21.2 Å². The number of rotatable bonds is 4. The Morgan fingerprint density at radius 2 is 1.93 bits per heavy atom. The van der Waals surface area contributed by atoms with Gasteiger partial charge in [-0.15, -0.1) is 11.8 Å². The largest absolute Gasteiger partial charge is 0.341 e. The minimum absolute atomic E-state index is 0.0110. The molecule has 2 aliphatic heterocycles. The van der Waals surface area contributed by atoms with Crippen LogP contribution in [-0.2, 0) is 19.6 Å². The number of hydrogen-bond donors (Lipinski definition) is 2. The van der Waals surface area contributed by atoms with E-state index in [0.29, 0.717) is 28.7 Å². The first-order chi connectivity index (χ1) is 14.2. The van der Waals surface area contributed by atoms with Crippen molar-refractivity contribution in [1.29, 1.82) is 0 Å². The minimum atomic E-state index is -3.91. The van der Waals surface area contributed by atoms with Gasteiger partial charge in [0.1, 0.15) is 0 Å². The Balaban J connectivity index is 1.56. The number of benzene rings is 2. The highest BCUT2D eigenvalue weighted by Crippen LogP contribution is 2.38. The van der Waals surface area contributed by atoms with E-state index in [4.69, 9.17) is 11.6 Å². The van der Waals surface area contributed by atoms with E-state index in [1.807, 2.05) is 6.92 Å². The summed E-state index contributed by atoms with van der Waals surface area (Å²) in [6, 6.07) is 9.47. The molecule has 1 saturated heterocycles. The molecule has 1 atom stereocenters. The van der Waals surface area contributed by atoms with Crippen LogP contribution in [0.25, 0.3) is 0 Å². The summed E-state index contributed by atoms with van der Waals surface area (Å²) in [5, 5.41) is 2.12. The van der Waals surface area contributed by atoms with Crippen LogP contribution < -0.4 is 10.0 Å². The zero-order valence-corrected chi connectivity index (χ0v) is 18.5. The molecule has 0 aromatic heterocycles. The van der Waals surface area contributed by atoms with Gasteiger partial charge in [0.05, 0.1) is 21.3 Å². The number of fused-ring (bicyclic) bond motifs is 1. The van der Waals surface area contributed by atoms with Crippen molar-refractivity contribution in [3.05, 3.63) is 47.0 Å². The maximum Gasteiger partial charge on any atom is 0.262 e. The van der Waals surface area contributed by atoms with Crippen LogP contribution in [0.5, 0.6) is 0 Å². The number of anilines is 2. The van der Waals surface area contributed by atoms with E-state index in [1.165, 1.54) is 12.1 Å². The molecule has 7 nitrogen and oxygen atoms in total. The first kappa shape index (κ1) is 21.0. The zero-order valence-electron chi connectivity index (χ0n) is 16.1. The summed E-state index contributed by atoms with van der Waals surface area (Å²) in [6.07, 6.45) is 1.89. The molecule has 2 aromatic rings. The second-order valence-corrected chi connectivity index (χ2v) is 10.5. The molecule has 2 aliphatic rings. The fraction of sp³-hybridized carbons (Fsp3) is 0.300. The number of aryl methyl sites for hydroxylation is 1. The summed E-state index contributed by atoms with van der Waals surface area (Å²) in [7, 11) is -3.91. The van der Waals surface area contributed by atoms with E-state index in [2.05, 4.69) is 10.0 Å². The monoisotopic (exact) mass is 465 g/mol. The number of carbonyl (C=O) groups is 2. The molecule has 1 fully saturated rings. The van der Waals surface area contributed by atoms with E-state index in [9.17, 15) is 18.0 Å². The molecule has 30 heavy (non-hydrogen) atoms. The average Bonchev–Trinajstić information content (AvgIpc) is 3.23. The lowest BCUT2D eigenvalue weighted by atomic mass is 10.2. The number of sulfonamides is 1. The topological polar surface area (TPSA) is 95.6 Å². The summed E-state index contributed by atoms with van der Waals surface area (Å²) < 4.78 is 28.1. The second kappa shape index (κ2) is 8.13. The van der Waals surface area contributed by atoms with Gasteiger partial charge in [0, 0.05) is 18.0 Å². The van der Waals surface area contributed by atoms with Gasteiger partial charge in [-0.2, -0.15) is 0 Å². The van der Waals surface area contributed by atoms with Crippen molar-refractivity contribution < 1.29 is 18.0 Å². The fourth-order valence-electron chi connectivity index (χ4n) is 3.43. The van der Waals surface area contributed by atoms with Crippen LogP contribution in [0.3, 0.4) is 0 Å². The lowest BCUT2D eigenvalue weighted by Crippen LogP contribution is -2.43. The molecule has 2 amide bonds. The molecule has 2 N–H and O–H groups in total. The van der Waals surface area contributed by atoms with Crippen molar-refractivity contribution in [3.8, 4) is 0 Å². The maximum absolute atomic E-state index is 12.8. The number of thioether (sulfide) groups is 1. The minimum Gasteiger partial charge on any atom is -0.341 e. The molecular weight excluding hydrogens is 446 g/mol. The van der Waals surface area contributed by atoms with E-state index in [-0.39, 0.29) is 16.5 Å². The predicted molar refractivity (Wildman–Crippen MR) is 118 cm³/mol. The fourth-order valence-corrected chi connectivity index (χ4v) is 5.93. The summed E-state index contributed by atoms with van der Waals surface area (Å²) in [5.74, 6) is -0.637. The van der Waals surface area contributed by atoms with Crippen molar-refractivity contribution in [3.63, 3.8) is 0 Å². The van der Waals surface area contributed by atoms with Gasteiger partial charge in [-0.3, -0.25) is 14.3 Å². The molecule has 4 rings (SSSR count). The molecule has 0 aliphatic carbocycles. The Bertz CT molecular complexity index is 1130. The number of nitrogens with one attached hydrogen (secondary N) is 2. The molecule has 158 valence electrons. The van der Waals surface area contributed by atoms with Gasteiger partial charge in [-0.05, 0) is 55.7 Å². The van der Waals surface area contributed by atoms with Crippen LogP contribution in [0, 0.1) is 6.92 Å². The van der Waals surface area contributed by atoms with Crippen molar-refractivity contribution in [2.24, 2.45) is 0 Å². The smallest absolute Gasteiger partial charge is 0.262 e. The molecule has 0 bridgehead atoms. The first-order valence-electron chi connectivity index (χ1n) is 9.44. The first-order valence-corrected chi connectivity index (χ1v) is 12.2. The van der Waals surface area contributed by atoms with Crippen LogP contribution in [0.4, 0.5) is 11.4 Å². The Kier molecular flexibility index (Phi) is 5.69. The number of hydrogen-bond acceptors (Lipinski definition) is 5. The molecule has 2 aromatic carbocycles. The van der Waals surface area contributed by atoms with Crippen LogP contribution in [-0.4, -0.2) is 43.5 Å². The second-order valence-electron chi connectivity index (χ2n) is 7.27. The van der Waals surface area contributed by atoms with Gasteiger partial charge >= 0.3 is 0 Å². The van der Waals surface area contributed by atoms with Gasteiger partial charge in [0.25, 0.3) is 10.0 Å². The summed E-state index contributed by atoms with van der Waals surface area (Å²) in [6.45, 7) is 3.19. The average molecular weight is 466 g/mol. The third-order valence-corrected chi connectivity index (χ3v) is 7.95. The molecule has 0 unspecified atom stereocenters. The predicted octanol–water partition coefficient (Wildman–Crippen LogP) is 3.48. The number of amides is 2. The molecule has 0 radical (unpaired) electrons. The van der Waals surface area contributed by atoms with Crippen LogP contribution in [0.1, 0.15) is 18.4 Å². The molecule has 0 saturated carbocycles. The molecule has 10 heteroatoms. The number of nitrogens with zero attached hydrogens (tertiary/aromatic N) is 1. The summed E-state index contributed by atoms with van der Waals surface area (Å²) >= 11 is 7.28. The summed E-state index contributed by atoms with van der Waals surface area (Å²) in [5.41, 5.74) is 1.55. The van der Waals surface area contributed by atoms with Crippen LogP contribution in [0.2, 0.25) is 5.02 Å². The van der Waals surface area contributed by atoms with Gasteiger partial charge in [-0.25, -0.2) is 8.42 Å². The van der Waals surface area contributed by atoms with Gasteiger partial charge in [0.15, 0.2) is 5.25 Å². The lowest BCUT2D eigenvalue weighted by molar-refractivity contribution is -0.133. The standard InChI is InChI=1S/C20H20ClN3O4S2/c1-12-4-6-15(14(21)10-12)23-30(27,28)13-5-7-17-16(11-13)22-19(25)18(29-17)20(26)24-8-2-3-9-24/h4-7,10-11,18,23H,2-3,8-9H2,1H3,(H,22,25)/t18-/m1/s1. The van der Waals surface area contributed by atoms with Crippen molar-refractivity contribution in [2.45, 2.75) is 34.8 Å². The van der Waals surface area contributed by atoms with Crippen LogP contribution in [0.15, 0.2) is 46.2 Å². The van der Waals surface area contributed by atoms with E-state index >= 15 is 0 Å². The van der Waals surface area contributed by atoms with Gasteiger partial charge < -0.3 is 10.2 Å². The Hall–Kier alpha value is -2.23. The maximum atomic E-state index is 12.8. The third-order valence-electron chi connectivity index (χ3n) is 5.01. The molecule has 0 spiro atoms. The Morgan fingerprint density at radius 1 is 1.20 bits per heavy atom. The highest BCUT2D eigenvalue weighted by molar-refractivity contribution is 8.01. The Morgan fingerprint density at radius 3 is 2.63 bits per heavy atom. The highest BCUT2D eigenvalue weighted by Gasteiger charge is 2.37. The van der Waals surface area contributed by atoms with Crippen molar-refractivity contribution >= 4 is 56.6 Å². The van der Waals surface area contributed by atoms with Crippen molar-refractivity contribution in [1.82, 2.24) is 4.90 Å². The zero-order chi connectivity index (χ0) is 21.5. The van der Waals surface area contributed by atoms with E-state index in [0.717, 1.165) is 30.2 Å².